The Morgan fingerprint density at radius 3 is 2.24 bits per heavy atom. The topological polar surface area (TPSA) is 218 Å². The summed E-state index contributed by atoms with van der Waals surface area (Å²) < 4.78 is 10.5. The van der Waals surface area contributed by atoms with Crippen molar-refractivity contribution in [1.82, 2.24) is 21.3 Å². The fourth-order valence-corrected chi connectivity index (χ4v) is 4.26. The van der Waals surface area contributed by atoms with Crippen molar-refractivity contribution in [3.05, 3.63) is 40.2 Å². The second-order valence-electron chi connectivity index (χ2n) is 12.1. The van der Waals surface area contributed by atoms with Crippen LogP contribution in [-0.4, -0.2) is 60.0 Å². The van der Waals surface area contributed by atoms with Crippen molar-refractivity contribution >= 4 is 58.8 Å². The number of carbonyl (C=O) groups is 4. The first kappa shape index (κ1) is 38.7. The number of aryl methyl sites for hydroxylation is 1. The smallest absolute Gasteiger partial charge is 0.408 e. The molecule has 2 rings (SSSR count). The lowest BCUT2D eigenvalue weighted by Gasteiger charge is -2.26. The zero-order chi connectivity index (χ0) is 33.2. The summed E-state index contributed by atoms with van der Waals surface area (Å²) in [5.74, 6) is -1.92. The van der Waals surface area contributed by atoms with Crippen LogP contribution in [0.3, 0.4) is 0 Å². The summed E-state index contributed by atoms with van der Waals surface area (Å²) in [5.41, 5.74) is 5.43. The van der Waals surface area contributed by atoms with Crippen LogP contribution in [0.4, 0.5) is 10.5 Å². The molecule has 14 nitrogen and oxygen atoms in total. The van der Waals surface area contributed by atoms with Gasteiger partial charge in [0.15, 0.2) is 5.96 Å². The molecule has 0 spiro atoms. The largest absolute Gasteiger partial charge is 0.444 e. The van der Waals surface area contributed by atoms with Gasteiger partial charge in [0.2, 0.25) is 17.7 Å². The quantitative estimate of drug-likeness (QED) is 0.0732. The number of alkyl carbamates (subject to hydrolysis) is 1. The monoisotopic (exact) mass is 651 g/mol. The Labute approximate surface area is 268 Å². The number of fused-ring (bicyclic) bond motifs is 1. The highest BCUT2D eigenvalue weighted by molar-refractivity contribution is 5.99. The van der Waals surface area contributed by atoms with Crippen LogP contribution in [-0.2, 0) is 19.1 Å². The van der Waals surface area contributed by atoms with E-state index in [1.807, 2.05) is 13.8 Å². The molecule has 0 radical (unpaired) electrons. The van der Waals surface area contributed by atoms with Gasteiger partial charge in [0.05, 0.1) is 0 Å². The normalized spacial score (nSPS) is 13.1. The van der Waals surface area contributed by atoms with Gasteiger partial charge in [-0.3, -0.25) is 19.8 Å². The second kappa shape index (κ2) is 17.2. The summed E-state index contributed by atoms with van der Waals surface area (Å²) in [5, 5.41) is 21.3. The minimum Gasteiger partial charge on any atom is -0.444 e. The Hall–Kier alpha value is -4.33. The van der Waals surface area contributed by atoms with Gasteiger partial charge < -0.3 is 41.5 Å². The molecule has 0 aliphatic carbocycles. The van der Waals surface area contributed by atoms with Crippen LogP contribution in [0.15, 0.2) is 33.5 Å². The predicted molar refractivity (Wildman–Crippen MR) is 174 cm³/mol. The highest BCUT2D eigenvalue weighted by Gasteiger charge is 2.29. The number of hydrogen-bond acceptors (Lipinski definition) is 8. The number of nitrogens with two attached hydrogens (primary N) is 1. The molecule has 0 saturated carbocycles. The van der Waals surface area contributed by atoms with Gasteiger partial charge in [-0.05, 0) is 77.5 Å². The van der Waals surface area contributed by atoms with Gasteiger partial charge in [-0.15, -0.1) is 12.4 Å². The molecule has 250 valence electrons. The Balaban J connectivity index is 0.0000101. The third-order valence-corrected chi connectivity index (χ3v) is 6.30. The van der Waals surface area contributed by atoms with Crippen LogP contribution < -0.4 is 37.9 Å². The molecule has 15 heteroatoms. The first-order chi connectivity index (χ1) is 20.4. The first-order valence-electron chi connectivity index (χ1n) is 14.5. The van der Waals surface area contributed by atoms with Gasteiger partial charge >= 0.3 is 11.7 Å². The number of anilines is 1. The number of amides is 4. The van der Waals surface area contributed by atoms with E-state index in [4.69, 9.17) is 20.3 Å². The van der Waals surface area contributed by atoms with Gasteiger partial charge in [-0.25, -0.2) is 9.59 Å². The van der Waals surface area contributed by atoms with E-state index in [2.05, 4.69) is 26.6 Å². The van der Waals surface area contributed by atoms with E-state index in [1.54, 1.807) is 39.8 Å². The van der Waals surface area contributed by atoms with E-state index in [-0.39, 0.29) is 37.3 Å². The number of benzene rings is 1. The molecular weight excluding hydrogens is 606 g/mol. The molecule has 2 aromatic rings. The summed E-state index contributed by atoms with van der Waals surface area (Å²) in [7, 11) is 0. The molecule has 3 atom stereocenters. The third kappa shape index (κ3) is 13.5. The van der Waals surface area contributed by atoms with E-state index < -0.39 is 53.2 Å². The molecule has 0 bridgehead atoms. The van der Waals surface area contributed by atoms with Crippen molar-refractivity contribution in [2.75, 3.05) is 11.9 Å². The predicted octanol–water partition coefficient (Wildman–Crippen LogP) is 2.65. The van der Waals surface area contributed by atoms with E-state index in [1.165, 1.54) is 19.1 Å². The number of halogens is 1. The highest BCUT2D eigenvalue weighted by Crippen LogP contribution is 2.21. The van der Waals surface area contributed by atoms with Crippen molar-refractivity contribution in [3.8, 4) is 0 Å². The lowest BCUT2D eigenvalue weighted by atomic mass is 10.0. The lowest BCUT2D eigenvalue weighted by molar-refractivity contribution is -0.131. The fraction of sp³-hybridized carbons (Fsp3) is 0.533. The SMILES string of the molecule is Cc1cc(=O)oc2cc(NC(=O)[C@H](CCCNC(=N)N)NC(=O)[C@H](C)NC(=O)[C@H](CC(C)C)NC(=O)OC(C)(C)C)ccc12.Cl. The number of rotatable bonds is 13. The second-order valence-corrected chi connectivity index (χ2v) is 12.1. The molecule has 0 aliphatic heterocycles. The summed E-state index contributed by atoms with van der Waals surface area (Å²) in [6.07, 6.45) is 0.102. The van der Waals surface area contributed by atoms with Crippen molar-refractivity contribution in [2.24, 2.45) is 11.7 Å². The van der Waals surface area contributed by atoms with Crippen LogP contribution in [0.1, 0.15) is 66.4 Å². The van der Waals surface area contributed by atoms with Gasteiger partial charge in [-0.2, -0.15) is 0 Å². The summed E-state index contributed by atoms with van der Waals surface area (Å²) >= 11 is 0. The van der Waals surface area contributed by atoms with Gasteiger partial charge in [0.1, 0.15) is 29.3 Å². The maximum atomic E-state index is 13.3. The lowest BCUT2D eigenvalue weighted by Crippen LogP contribution is -2.55. The number of carbonyl (C=O) groups excluding carboxylic acids is 4. The Kier molecular flexibility index (Phi) is 14.8. The zero-order valence-electron chi connectivity index (χ0n) is 26.8. The van der Waals surface area contributed by atoms with Crippen molar-refractivity contribution < 1.29 is 28.3 Å². The molecule has 1 heterocycles. The van der Waals surface area contributed by atoms with E-state index in [0.717, 1.165) is 5.56 Å². The van der Waals surface area contributed by atoms with E-state index in [9.17, 15) is 24.0 Å². The van der Waals surface area contributed by atoms with Gasteiger partial charge in [0, 0.05) is 29.8 Å². The molecule has 8 N–H and O–H groups in total. The molecule has 45 heavy (non-hydrogen) atoms. The molecule has 0 saturated heterocycles. The molecule has 0 aliphatic rings. The summed E-state index contributed by atoms with van der Waals surface area (Å²) in [6, 6.07) is 3.23. The van der Waals surface area contributed by atoms with E-state index >= 15 is 0 Å². The van der Waals surface area contributed by atoms with Crippen molar-refractivity contribution in [2.45, 2.75) is 91.5 Å². The number of guanidine groups is 1. The van der Waals surface area contributed by atoms with E-state index in [0.29, 0.717) is 29.5 Å². The minimum atomic E-state index is -1.05. The minimum absolute atomic E-state index is 0. The third-order valence-electron chi connectivity index (χ3n) is 6.30. The van der Waals surface area contributed by atoms with Crippen LogP contribution >= 0.6 is 12.4 Å². The summed E-state index contributed by atoms with van der Waals surface area (Å²) in [4.78, 5) is 63.7. The standard InChI is InChI=1S/C30H45N7O7.ClH/c1-16(2)13-22(37-29(42)44-30(5,6)7)27(41)34-18(4)25(39)36-21(9-8-12-33-28(31)32)26(40)35-19-10-11-20-17(3)14-24(38)43-23(20)15-19;/h10-11,14-16,18,21-22H,8-9,12-13H2,1-7H3,(H,34,41)(H,35,40)(H,36,39)(H,37,42)(H4,31,32,33);1H/t18-,21-,22-;/m0./s1. The average Bonchev–Trinajstić information content (AvgIpc) is 2.87. The van der Waals surface area contributed by atoms with Crippen molar-refractivity contribution in [1.29, 1.82) is 5.41 Å². The number of ether oxygens (including phenoxy) is 1. The van der Waals surface area contributed by atoms with Crippen LogP contribution in [0.2, 0.25) is 0 Å². The average molecular weight is 652 g/mol. The number of hydrogen-bond donors (Lipinski definition) is 7. The zero-order valence-corrected chi connectivity index (χ0v) is 27.6. The summed E-state index contributed by atoms with van der Waals surface area (Å²) in [6.45, 7) is 12.4. The molecule has 0 unspecified atom stereocenters. The Morgan fingerprint density at radius 1 is 0.978 bits per heavy atom. The van der Waals surface area contributed by atoms with Gasteiger partial charge in [0.25, 0.3) is 0 Å². The molecular formula is C30H46ClN7O7. The Bertz CT molecular complexity index is 1420. The molecule has 0 fully saturated rings. The number of nitrogens with one attached hydrogen (secondary N) is 6. The van der Waals surface area contributed by atoms with Crippen molar-refractivity contribution in [3.63, 3.8) is 0 Å². The van der Waals surface area contributed by atoms with Crippen LogP contribution in [0.25, 0.3) is 11.0 Å². The molecule has 4 amide bonds. The fourth-order valence-electron chi connectivity index (χ4n) is 4.26. The maximum Gasteiger partial charge on any atom is 0.408 e. The highest BCUT2D eigenvalue weighted by atomic mass is 35.5. The first-order valence-corrected chi connectivity index (χ1v) is 14.5. The maximum absolute atomic E-state index is 13.3. The van der Waals surface area contributed by atoms with Crippen LogP contribution in [0, 0.1) is 18.3 Å². The van der Waals surface area contributed by atoms with Crippen LogP contribution in [0.5, 0.6) is 0 Å². The molecule has 1 aromatic carbocycles. The Morgan fingerprint density at radius 2 is 1.64 bits per heavy atom. The van der Waals surface area contributed by atoms with Gasteiger partial charge in [-0.1, -0.05) is 13.8 Å². The molecule has 1 aromatic heterocycles.